The Labute approximate surface area is 213 Å². The van der Waals surface area contributed by atoms with Crippen molar-refractivity contribution in [3.05, 3.63) is 137 Å². The summed E-state index contributed by atoms with van der Waals surface area (Å²) in [6, 6.07) is 32.0. The standard InChI is InChI=1S/C30H30N2O3S/c1-22-13-15-25(16-14-22)29(24-10-5-4-6-11-24)31-30(33)26-17-19-28(20-18-26)32(36(3,34)35)21-27-12-8-7-9-23(27)2/h4-20,29H,21H2,1-3H3,(H,31,33)/t29-/m1/s1. The van der Waals surface area contributed by atoms with Crippen LogP contribution in [0.5, 0.6) is 0 Å². The Hall–Kier alpha value is -3.90. The zero-order valence-corrected chi connectivity index (χ0v) is 21.5. The van der Waals surface area contributed by atoms with Gasteiger partial charge in [-0.2, -0.15) is 0 Å². The maximum Gasteiger partial charge on any atom is 0.252 e. The number of nitrogens with zero attached hydrogens (tertiary/aromatic N) is 1. The van der Waals surface area contributed by atoms with Gasteiger partial charge >= 0.3 is 0 Å². The van der Waals surface area contributed by atoms with Gasteiger partial charge in [0.05, 0.1) is 24.5 Å². The Morgan fingerprint density at radius 2 is 1.36 bits per heavy atom. The van der Waals surface area contributed by atoms with Crippen LogP contribution in [0.15, 0.2) is 103 Å². The van der Waals surface area contributed by atoms with E-state index in [1.54, 1.807) is 24.3 Å². The van der Waals surface area contributed by atoms with Gasteiger partial charge in [0, 0.05) is 5.56 Å². The monoisotopic (exact) mass is 498 g/mol. The second-order valence-corrected chi connectivity index (χ2v) is 10.9. The Balaban J connectivity index is 1.58. The number of amides is 1. The van der Waals surface area contributed by atoms with Crippen LogP contribution in [-0.4, -0.2) is 20.6 Å². The Morgan fingerprint density at radius 3 is 1.97 bits per heavy atom. The van der Waals surface area contributed by atoms with E-state index in [9.17, 15) is 13.2 Å². The summed E-state index contributed by atoms with van der Waals surface area (Å²) in [5.41, 5.74) is 6.02. The first-order valence-corrected chi connectivity index (χ1v) is 13.6. The summed E-state index contributed by atoms with van der Waals surface area (Å²) in [5.74, 6) is -0.235. The molecule has 1 atom stereocenters. The lowest BCUT2D eigenvalue weighted by molar-refractivity contribution is 0.0943. The highest BCUT2D eigenvalue weighted by Crippen LogP contribution is 2.25. The molecule has 0 spiro atoms. The molecule has 36 heavy (non-hydrogen) atoms. The minimum atomic E-state index is -3.53. The van der Waals surface area contributed by atoms with E-state index >= 15 is 0 Å². The van der Waals surface area contributed by atoms with Gasteiger partial charge in [0.25, 0.3) is 5.91 Å². The van der Waals surface area contributed by atoms with Crippen LogP contribution in [0.3, 0.4) is 0 Å². The number of sulfonamides is 1. The summed E-state index contributed by atoms with van der Waals surface area (Å²) in [5, 5.41) is 3.14. The number of hydrogen-bond acceptors (Lipinski definition) is 3. The lowest BCUT2D eigenvalue weighted by atomic mass is 9.97. The van der Waals surface area contributed by atoms with Crippen molar-refractivity contribution in [2.24, 2.45) is 0 Å². The smallest absolute Gasteiger partial charge is 0.252 e. The van der Waals surface area contributed by atoms with Crippen LogP contribution in [0.25, 0.3) is 0 Å². The third kappa shape index (κ3) is 6.01. The summed E-state index contributed by atoms with van der Waals surface area (Å²) in [7, 11) is -3.53. The molecule has 6 heteroatoms. The maximum absolute atomic E-state index is 13.2. The van der Waals surface area contributed by atoms with Crippen LogP contribution in [-0.2, 0) is 16.6 Å². The predicted molar refractivity (Wildman–Crippen MR) is 146 cm³/mol. The Bertz CT molecular complexity index is 1430. The molecule has 4 aromatic carbocycles. The van der Waals surface area contributed by atoms with Crippen LogP contribution < -0.4 is 9.62 Å². The van der Waals surface area contributed by atoms with Gasteiger partial charge in [0.2, 0.25) is 10.0 Å². The van der Waals surface area contributed by atoms with E-state index in [4.69, 9.17) is 0 Å². The summed E-state index contributed by atoms with van der Waals surface area (Å²) < 4.78 is 26.5. The van der Waals surface area contributed by atoms with Gasteiger partial charge in [0.15, 0.2) is 0 Å². The van der Waals surface area contributed by atoms with Crippen LogP contribution >= 0.6 is 0 Å². The molecule has 0 unspecified atom stereocenters. The lowest BCUT2D eigenvalue weighted by Crippen LogP contribution is -2.30. The number of aryl methyl sites for hydroxylation is 2. The predicted octanol–water partition coefficient (Wildman–Crippen LogP) is 5.79. The Morgan fingerprint density at radius 1 is 0.778 bits per heavy atom. The van der Waals surface area contributed by atoms with E-state index in [2.05, 4.69) is 5.32 Å². The highest BCUT2D eigenvalue weighted by molar-refractivity contribution is 7.92. The highest BCUT2D eigenvalue weighted by atomic mass is 32.2. The van der Waals surface area contributed by atoms with Crippen LogP contribution in [0, 0.1) is 13.8 Å². The number of nitrogens with one attached hydrogen (secondary N) is 1. The molecule has 0 heterocycles. The Kier molecular flexibility index (Phi) is 7.55. The van der Waals surface area contributed by atoms with Gasteiger partial charge in [-0.15, -0.1) is 0 Å². The van der Waals surface area contributed by atoms with Gasteiger partial charge in [-0.1, -0.05) is 84.4 Å². The number of carbonyl (C=O) groups is 1. The molecular weight excluding hydrogens is 468 g/mol. The van der Waals surface area contributed by atoms with Crippen molar-refractivity contribution < 1.29 is 13.2 Å². The van der Waals surface area contributed by atoms with Crippen LogP contribution in [0.4, 0.5) is 5.69 Å². The first-order chi connectivity index (χ1) is 17.2. The molecule has 0 aliphatic carbocycles. The molecule has 0 bridgehead atoms. The van der Waals surface area contributed by atoms with Gasteiger partial charge in [-0.05, 0) is 60.4 Å². The number of carbonyl (C=O) groups excluding carboxylic acids is 1. The summed E-state index contributed by atoms with van der Waals surface area (Å²) in [4.78, 5) is 13.2. The average Bonchev–Trinajstić information content (AvgIpc) is 2.87. The second-order valence-electron chi connectivity index (χ2n) is 8.97. The molecule has 5 nitrogen and oxygen atoms in total. The molecule has 4 rings (SSSR count). The summed E-state index contributed by atoms with van der Waals surface area (Å²) >= 11 is 0. The topological polar surface area (TPSA) is 66.5 Å². The minimum absolute atomic E-state index is 0.223. The fraction of sp³-hybridized carbons (Fsp3) is 0.167. The first-order valence-electron chi connectivity index (χ1n) is 11.8. The first kappa shape index (κ1) is 25.2. The number of rotatable bonds is 8. The minimum Gasteiger partial charge on any atom is -0.341 e. The highest BCUT2D eigenvalue weighted by Gasteiger charge is 2.21. The number of hydrogen-bond donors (Lipinski definition) is 1. The van der Waals surface area contributed by atoms with Crippen molar-refractivity contribution in [2.75, 3.05) is 10.6 Å². The fourth-order valence-corrected chi connectivity index (χ4v) is 4.98. The number of anilines is 1. The lowest BCUT2D eigenvalue weighted by Gasteiger charge is -2.24. The van der Waals surface area contributed by atoms with E-state index in [-0.39, 0.29) is 18.5 Å². The summed E-state index contributed by atoms with van der Waals surface area (Å²) in [6.45, 7) is 4.21. The third-order valence-corrected chi connectivity index (χ3v) is 7.35. The normalized spacial score (nSPS) is 12.1. The van der Waals surface area contributed by atoms with Crippen molar-refractivity contribution >= 4 is 21.6 Å². The van der Waals surface area contributed by atoms with E-state index in [0.29, 0.717) is 11.3 Å². The molecule has 0 radical (unpaired) electrons. The average molecular weight is 499 g/mol. The van der Waals surface area contributed by atoms with Gasteiger partial charge in [0.1, 0.15) is 0 Å². The zero-order valence-electron chi connectivity index (χ0n) is 20.7. The molecule has 4 aromatic rings. The van der Waals surface area contributed by atoms with Gasteiger partial charge < -0.3 is 5.32 Å². The van der Waals surface area contributed by atoms with Crippen LogP contribution in [0.2, 0.25) is 0 Å². The quantitative estimate of drug-likeness (QED) is 0.334. The molecule has 184 valence electrons. The van der Waals surface area contributed by atoms with Crippen molar-refractivity contribution in [1.82, 2.24) is 5.32 Å². The van der Waals surface area contributed by atoms with Gasteiger partial charge in [-0.25, -0.2) is 8.42 Å². The number of benzene rings is 4. The largest absolute Gasteiger partial charge is 0.341 e. The third-order valence-electron chi connectivity index (χ3n) is 6.21. The molecule has 0 saturated carbocycles. The molecule has 0 aromatic heterocycles. The SMILES string of the molecule is Cc1ccc([C@H](NC(=O)c2ccc(N(Cc3ccccc3C)S(C)(=O)=O)cc2)c2ccccc2)cc1. The molecule has 0 fully saturated rings. The zero-order chi connectivity index (χ0) is 25.7. The fourth-order valence-electron chi connectivity index (χ4n) is 4.10. The summed E-state index contributed by atoms with van der Waals surface area (Å²) in [6.07, 6.45) is 1.19. The second kappa shape index (κ2) is 10.8. The van der Waals surface area contributed by atoms with E-state index < -0.39 is 10.0 Å². The van der Waals surface area contributed by atoms with Crippen LogP contribution in [0.1, 0.15) is 44.2 Å². The maximum atomic E-state index is 13.2. The molecule has 0 aliphatic rings. The van der Waals surface area contributed by atoms with Crippen molar-refractivity contribution in [3.8, 4) is 0 Å². The van der Waals surface area contributed by atoms with E-state index in [0.717, 1.165) is 27.8 Å². The molecule has 1 amide bonds. The van der Waals surface area contributed by atoms with E-state index in [1.807, 2.05) is 92.7 Å². The van der Waals surface area contributed by atoms with Crippen molar-refractivity contribution in [2.45, 2.75) is 26.4 Å². The molecule has 0 saturated heterocycles. The van der Waals surface area contributed by atoms with E-state index in [1.165, 1.54) is 10.6 Å². The molecular formula is C30H30N2O3S. The molecule has 1 N–H and O–H groups in total. The van der Waals surface area contributed by atoms with Gasteiger partial charge in [-0.3, -0.25) is 9.10 Å². The van der Waals surface area contributed by atoms with Crippen molar-refractivity contribution in [1.29, 1.82) is 0 Å². The molecule has 0 aliphatic heterocycles. The van der Waals surface area contributed by atoms with Crippen molar-refractivity contribution in [3.63, 3.8) is 0 Å².